The molecule has 0 aliphatic heterocycles. The van der Waals surface area contributed by atoms with Crippen molar-refractivity contribution in [2.75, 3.05) is 0 Å². The molecule has 1 aromatic carbocycles. The molecule has 2 rings (SSSR count). The highest BCUT2D eigenvalue weighted by atomic mass is 16.3. The molecule has 1 saturated carbocycles. The highest BCUT2D eigenvalue weighted by Gasteiger charge is 2.39. The predicted octanol–water partition coefficient (Wildman–Crippen LogP) is 2.48. The highest BCUT2D eigenvalue weighted by Crippen LogP contribution is 2.30. The van der Waals surface area contributed by atoms with E-state index in [0.29, 0.717) is 12.8 Å². The fourth-order valence-corrected chi connectivity index (χ4v) is 2.67. The van der Waals surface area contributed by atoms with Crippen LogP contribution >= 0.6 is 0 Å². The van der Waals surface area contributed by atoms with Crippen LogP contribution in [0.5, 0.6) is 0 Å². The fraction of sp³-hybridized carbons (Fsp3) is 0.533. The van der Waals surface area contributed by atoms with Crippen molar-refractivity contribution in [1.29, 1.82) is 0 Å². The van der Waals surface area contributed by atoms with E-state index >= 15 is 0 Å². The van der Waals surface area contributed by atoms with Crippen LogP contribution in [0.2, 0.25) is 0 Å². The number of nitrogens with one attached hydrogen (secondary N) is 1. The van der Waals surface area contributed by atoms with Crippen molar-refractivity contribution in [3.8, 4) is 0 Å². The van der Waals surface area contributed by atoms with E-state index in [1.165, 1.54) is 0 Å². The summed E-state index contributed by atoms with van der Waals surface area (Å²) < 4.78 is 0. The molecule has 98 valence electrons. The lowest BCUT2D eigenvalue weighted by molar-refractivity contribution is -0.139. The molecule has 0 aromatic heterocycles. The summed E-state index contributed by atoms with van der Waals surface area (Å²) in [5.41, 5.74) is 1.12. The second-order valence-electron chi connectivity index (χ2n) is 5.29. The quantitative estimate of drug-likeness (QED) is 0.862. The molecule has 3 nitrogen and oxygen atoms in total. The normalized spacial score (nSPS) is 19.5. The topological polar surface area (TPSA) is 49.3 Å². The minimum atomic E-state index is -1.14. The van der Waals surface area contributed by atoms with E-state index < -0.39 is 5.60 Å². The van der Waals surface area contributed by atoms with Gasteiger partial charge in [0.25, 0.3) is 5.91 Å². The first-order valence-electron chi connectivity index (χ1n) is 6.62. The van der Waals surface area contributed by atoms with Crippen molar-refractivity contribution in [2.24, 2.45) is 0 Å². The Morgan fingerprint density at radius 1 is 1.33 bits per heavy atom. The Morgan fingerprint density at radius 3 is 2.56 bits per heavy atom. The number of rotatable bonds is 3. The Balaban J connectivity index is 2.06. The minimum Gasteiger partial charge on any atom is -0.380 e. The van der Waals surface area contributed by atoms with E-state index in [1.807, 2.05) is 38.1 Å². The van der Waals surface area contributed by atoms with Crippen molar-refractivity contribution in [3.05, 3.63) is 35.4 Å². The number of benzene rings is 1. The van der Waals surface area contributed by atoms with Gasteiger partial charge in [-0.1, -0.05) is 24.3 Å². The third-order valence-electron chi connectivity index (χ3n) is 3.86. The highest BCUT2D eigenvalue weighted by molar-refractivity contribution is 5.85. The van der Waals surface area contributed by atoms with Crippen molar-refractivity contribution in [2.45, 2.75) is 51.2 Å². The lowest BCUT2D eigenvalue weighted by Crippen LogP contribution is -2.45. The van der Waals surface area contributed by atoms with Gasteiger partial charge in [0.2, 0.25) is 0 Å². The molecule has 0 heterocycles. The molecule has 0 bridgehead atoms. The second kappa shape index (κ2) is 5.11. The first-order valence-corrected chi connectivity index (χ1v) is 6.62. The number of hydrogen-bond acceptors (Lipinski definition) is 2. The third kappa shape index (κ3) is 2.56. The van der Waals surface area contributed by atoms with E-state index in [2.05, 4.69) is 5.32 Å². The molecule has 0 saturated heterocycles. The fourth-order valence-electron chi connectivity index (χ4n) is 2.67. The monoisotopic (exact) mass is 247 g/mol. The van der Waals surface area contributed by atoms with Gasteiger partial charge in [-0.15, -0.1) is 0 Å². The van der Waals surface area contributed by atoms with E-state index in [-0.39, 0.29) is 11.9 Å². The first kappa shape index (κ1) is 13.1. The van der Waals surface area contributed by atoms with Crippen LogP contribution in [0.25, 0.3) is 0 Å². The maximum atomic E-state index is 12.1. The van der Waals surface area contributed by atoms with Crippen LogP contribution < -0.4 is 5.32 Å². The van der Waals surface area contributed by atoms with Gasteiger partial charge < -0.3 is 10.4 Å². The number of aliphatic hydroxyl groups is 1. The van der Waals surface area contributed by atoms with Gasteiger partial charge in [0.15, 0.2) is 0 Å². The lowest BCUT2D eigenvalue weighted by atomic mass is 9.98. The van der Waals surface area contributed by atoms with Crippen molar-refractivity contribution < 1.29 is 9.90 Å². The number of carbonyl (C=O) groups excluding carboxylic acids is 1. The molecule has 0 radical (unpaired) electrons. The molecule has 18 heavy (non-hydrogen) atoms. The summed E-state index contributed by atoms with van der Waals surface area (Å²) in [7, 11) is 0. The molecule has 1 atom stereocenters. The van der Waals surface area contributed by atoms with Crippen LogP contribution in [0.3, 0.4) is 0 Å². The molecule has 1 aliphatic rings. The molecule has 1 unspecified atom stereocenters. The van der Waals surface area contributed by atoms with Crippen LogP contribution in [-0.4, -0.2) is 16.6 Å². The van der Waals surface area contributed by atoms with E-state index in [9.17, 15) is 9.90 Å². The van der Waals surface area contributed by atoms with Gasteiger partial charge in [-0.25, -0.2) is 0 Å². The minimum absolute atomic E-state index is 0.0664. The summed E-state index contributed by atoms with van der Waals surface area (Å²) in [5.74, 6) is -0.226. The maximum Gasteiger partial charge on any atom is 0.252 e. The summed E-state index contributed by atoms with van der Waals surface area (Å²) in [5, 5.41) is 13.1. The molecule has 1 aliphatic carbocycles. The van der Waals surface area contributed by atoms with Crippen LogP contribution in [-0.2, 0) is 4.79 Å². The number of aryl methyl sites for hydroxylation is 1. The van der Waals surface area contributed by atoms with Crippen molar-refractivity contribution in [1.82, 2.24) is 5.32 Å². The maximum absolute atomic E-state index is 12.1. The predicted molar refractivity (Wildman–Crippen MR) is 71.2 cm³/mol. The van der Waals surface area contributed by atoms with Crippen LogP contribution in [0.1, 0.15) is 49.8 Å². The Kier molecular flexibility index (Phi) is 3.71. The third-order valence-corrected chi connectivity index (χ3v) is 3.86. The van der Waals surface area contributed by atoms with Gasteiger partial charge in [-0.3, -0.25) is 4.79 Å². The zero-order valence-corrected chi connectivity index (χ0v) is 11.1. The summed E-state index contributed by atoms with van der Waals surface area (Å²) in [6.07, 6.45) is 3.03. The molecular formula is C15H21NO2. The number of hydrogen-bond donors (Lipinski definition) is 2. The smallest absolute Gasteiger partial charge is 0.252 e. The zero-order valence-electron chi connectivity index (χ0n) is 11.1. The van der Waals surface area contributed by atoms with E-state index in [0.717, 1.165) is 24.0 Å². The average molecular weight is 247 g/mol. The summed E-state index contributed by atoms with van der Waals surface area (Å²) in [4.78, 5) is 12.1. The second-order valence-corrected chi connectivity index (χ2v) is 5.29. The molecule has 0 spiro atoms. The Morgan fingerprint density at radius 2 is 1.94 bits per heavy atom. The average Bonchev–Trinajstić information content (AvgIpc) is 2.78. The van der Waals surface area contributed by atoms with Crippen LogP contribution in [0.15, 0.2) is 24.3 Å². The first-order chi connectivity index (χ1) is 8.53. The molecule has 1 fully saturated rings. The van der Waals surface area contributed by atoms with Gasteiger partial charge in [0.1, 0.15) is 5.60 Å². The number of carbonyl (C=O) groups is 1. The van der Waals surface area contributed by atoms with Gasteiger partial charge in [-0.05, 0) is 50.7 Å². The van der Waals surface area contributed by atoms with Crippen LogP contribution in [0.4, 0.5) is 0 Å². The molecule has 3 heteroatoms. The molecule has 2 N–H and O–H groups in total. The van der Waals surface area contributed by atoms with Crippen molar-refractivity contribution >= 4 is 5.91 Å². The van der Waals surface area contributed by atoms with E-state index in [1.54, 1.807) is 0 Å². The molecular weight excluding hydrogens is 226 g/mol. The Labute approximate surface area is 108 Å². The SMILES string of the molecule is Cc1ccccc1C(C)NC(=O)C1(O)CCCC1. The van der Waals surface area contributed by atoms with Gasteiger partial charge in [-0.2, -0.15) is 0 Å². The Hall–Kier alpha value is -1.35. The van der Waals surface area contributed by atoms with E-state index in [4.69, 9.17) is 0 Å². The summed E-state index contributed by atoms with van der Waals surface area (Å²) in [6, 6.07) is 7.93. The Bertz CT molecular complexity index is 436. The zero-order chi connectivity index (χ0) is 13.2. The standard InChI is InChI=1S/C15H21NO2/c1-11-7-3-4-8-13(11)12(2)16-14(17)15(18)9-5-6-10-15/h3-4,7-8,12,18H,5-6,9-10H2,1-2H3,(H,16,17). The largest absolute Gasteiger partial charge is 0.380 e. The van der Waals surface area contributed by atoms with Crippen LogP contribution in [0, 0.1) is 6.92 Å². The lowest BCUT2D eigenvalue weighted by Gasteiger charge is -2.24. The van der Waals surface area contributed by atoms with Gasteiger partial charge >= 0.3 is 0 Å². The van der Waals surface area contributed by atoms with Gasteiger partial charge in [0.05, 0.1) is 6.04 Å². The number of amides is 1. The van der Waals surface area contributed by atoms with Crippen molar-refractivity contribution in [3.63, 3.8) is 0 Å². The van der Waals surface area contributed by atoms with Gasteiger partial charge in [0, 0.05) is 0 Å². The molecule has 1 aromatic rings. The summed E-state index contributed by atoms with van der Waals surface area (Å²) in [6.45, 7) is 3.99. The molecule has 1 amide bonds. The summed E-state index contributed by atoms with van der Waals surface area (Å²) >= 11 is 0.